The third kappa shape index (κ3) is 3.49. The molecule has 1 aliphatic carbocycles. The van der Waals surface area contributed by atoms with Gasteiger partial charge < -0.3 is 5.32 Å². The fourth-order valence-electron chi connectivity index (χ4n) is 3.76. The van der Waals surface area contributed by atoms with Crippen LogP contribution in [0.5, 0.6) is 0 Å². The molecule has 2 atom stereocenters. The van der Waals surface area contributed by atoms with Gasteiger partial charge in [-0.25, -0.2) is 9.67 Å². The minimum atomic E-state index is -0.256. The number of carbonyl (C=O) groups is 1. The van der Waals surface area contributed by atoms with Crippen molar-refractivity contribution in [2.75, 3.05) is 0 Å². The van der Waals surface area contributed by atoms with Crippen molar-refractivity contribution in [3.05, 3.63) is 53.2 Å². The summed E-state index contributed by atoms with van der Waals surface area (Å²) in [6.07, 6.45) is 7.44. The molecule has 0 radical (unpaired) electrons. The predicted octanol–water partition coefficient (Wildman–Crippen LogP) is 2.28. The van der Waals surface area contributed by atoms with Crippen LogP contribution in [-0.2, 0) is 11.3 Å². The number of benzene rings is 1. The molecule has 2 aromatic heterocycles. The Bertz CT molecular complexity index is 1010. The minimum absolute atomic E-state index is 0.0263. The van der Waals surface area contributed by atoms with E-state index in [0.717, 1.165) is 24.9 Å². The Labute approximate surface area is 157 Å². The first-order chi connectivity index (χ1) is 13.1. The maximum absolute atomic E-state index is 12.8. The van der Waals surface area contributed by atoms with Gasteiger partial charge in [0.2, 0.25) is 5.91 Å². The van der Waals surface area contributed by atoms with E-state index in [-0.39, 0.29) is 24.1 Å². The third-order valence-electron chi connectivity index (χ3n) is 5.33. The first-order valence-corrected chi connectivity index (χ1v) is 9.41. The zero-order valence-corrected chi connectivity index (χ0v) is 15.3. The number of hydrogen-bond acceptors (Lipinski definition) is 4. The first-order valence-electron chi connectivity index (χ1n) is 9.41. The van der Waals surface area contributed by atoms with E-state index in [1.54, 1.807) is 4.68 Å². The number of amides is 1. The van der Waals surface area contributed by atoms with E-state index in [0.29, 0.717) is 17.0 Å². The van der Waals surface area contributed by atoms with Gasteiger partial charge >= 0.3 is 0 Å². The van der Waals surface area contributed by atoms with Crippen LogP contribution in [-0.4, -0.2) is 31.3 Å². The Balaban J connectivity index is 1.56. The highest BCUT2D eigenvalue weighted by atomic mass is 16.2. The fourth-order valence-corrected chi connectivity index (χ4v) is 3.76. The molecule has 2 heterocycles. The van der Waals surface area contributed by atoms with Gasteiger partial charge in [0.15, 0.2) is 5.65 Å². The smallest absolute Gasteiger partial charge is 0.264 e. The average molecular weight is 365 g/mol. The Morgan fingerprint density at radius 2 is 2.00 bits per heavy atom. The lowest BCUT2D eigenvalue weighted by atomic mass is 9.86. The van der Waals surface area contributed by atoms with Gasteiger partial charge in [-0.2, -0.15) is 5.10 Å². The van der Waals surface area contributed by atoms with Gasteiger partial charge in [-0.05, 0) is 30.9 Å². The standard InChI is InChI=1S/C20H23N5O2/c1-14-7-5-6-10-17(14)23-18(26)12-24-13-21-19-16(20(24)27)11-22-25(19)15-8-3-2-4-9-15/h2-4,8-9,11,13-14,17H,5-7,10,12H2,1H3,(H,23,26)/t14-,17-/m0/s1. The summed E-state index contributed by atoms with van der Waals surface area (Å²) in [6.45, 7) is 2.14. The van der Waals surface area contributed by atoms with Crippen LogP contribution in [0.3, 0.4) is 0 Å². The molecule has 7 heteroatoms. The number of carbonyl (C=O) groups excluding carboxylic acids is 1. The second-order valence-electron chi connectivity index (χ2n) is 7.24. The third-order valence-corrected chi connectivity index (χ3v) is 5.33. The molecule has 7 nitrogen and oxygen atoms in total. The number of aromatic nitrogens is 4. The van der Waals surface area contributed by atoms with Gasteiger partial charge in [-0.15, -0.1) is 0 Å². The number of hydrogen-bond donors (Lipinski definition) is 1. The molecule has 1 N–H and O–H groups in total. The monoisotopic (exact) mass is 365 g/mol. The molecule has 4 rings (SSSR count). The molecule has 0 spiro atoms. The van der Waals surface area contributed by atoms with Crippen molar-refractivity contribution in [1.82, 2.24) is 24.6 Å². The van der Waals surface area contributed by atoms with Gasteiger partial charge in [-0.1, -0.05) is 38.0 Å². The van der Waals surface area contributed by atoms with Crippen LogP contribution >= 0.6 is 0 Å². The lowest BCUT2D eigenvalue weighted by Crippen LogP contribution is -2.43. The van der Waals surface area contributed by atoms with Gasteiger partial charge in [0.1, 0.15) is 18.3 Å². The second-order valence-corrected chi connectivity index (χ2v) is 7.24. The molecule has 3 aromatic rings. The van der Waals surface area contributed by atoms with Crippen LogP contribution in [0.4, 0.5) is 0 Å². The van der Waals surface area contributed by atoms with Crippen molar-refractivity contribution in [3.8, 4) is 5.69 Å². The number of rotatable bonds is 4. The summed E-state index contributed by atoms with van der Waals surface area (Å²) in [5.74, 6) is 0.330. The quantitative estimate of drug-likeness (QED) is 0.769. The van der Waals surface area contributed by atoms with E-state index < -0.39 is 0 Å². The minimum Gasteiger partial charge on any atom is -0.352 e. The van der Waals surface area contributed by atoms with Crippen molar-refractivity contribution in [2.24, 2.45) is 5.92 Å². The molecule has 140 valence electrons. The number of nitrogens with one attached hydrogen (secondary N) is 1. The van der Waals surface area contributed by atoms with E-state index >= 15 is 0 Å². The maximum Gasteiger partial charge on any atom is 0.264 e. The summed E-state index contributed by atoms with van der Waals surface area (Å²) in [6, 6.07) is 9.72. The molecule has 1 aliphatic rings. The van der Waals surface area contributed by atoms with Gasteiger partial charge in [0, 0.05) is 6.04 Å². The highest BCUT2D eigenvalue weighted by molar-refractivity contribution is 5.78. The van der Waals surface area contributed by atoms with Crippen molar-refractivity contribution < 1.29 is 4.79 Å². The summed E-state index contributed by atoms with van der Waals surface area (Å²) in [5, 5.41) is 7.77. The van der Waals surface area contributed by atoms with Crippen LogP contribution in [0, 0.1) is 5.92 Å². The topological polar surface area (TPSA) is 81.8 Å². The molecule has 0 saturated heterocycles. The summed E-state index contributed by atoms with van der Waals surface area (Å²) in [4.78, 5) is 29.6. The molecular formula is C20H23N5O2. The number of fused-ring (bicyclic) bond motifs is 1. The highest BCUT2D eigenvalue weighted by Crippen LogP contribution is 2.23. The van der Waals surface area contributed by atoms with E-state index in [1.807, 2.05) is 30.3 Å². The lowest BCUT2D eigenvalue weighted by Gasteiger charge is -2.29. The van der Waals surface area contributed by atoms with Gasteiger partial charge in [-0.3, -0.25) is 14.2 Å². The lowest BCUT2D eigenvalue weighted by molar-refractivity contribution is -0.123. The van der Waals surface area contributed by atoms with Crippen LogP contribution in [0.1, 0.15) is 32.6 Å². The van der Waals surface area contributed by atoms with E-state index in [9.17, 15) is 9.59 Å². The Morgan fingerprint density at radius 3 is 2.78 bits per heavy atom. The van der Waals surface area contributed by atoms with Crippen LogP contribution < -0.4 is 10.9 Å². The molecule has 0 bridgehead atoms. The van der Waals surface area contributed by atoms with Crippen LogP contribution in [0.2, 0.25) is 0 Å². The summed E-state index contributed by atoms with van der Waals surface area (Å²) in [5.41, 5.74) is 1.07. The van der Waals surface area contributed by atoms with Crippen molar-refractivity contribution in [1.29, 1.82) is 0 Å². The van der Waals surface area contributed by atoms with Crippen molar-refractivity contribution in [3.63, 3.8) is 0 Å². The van der Waals surface area contributed by atoms with E-state index in [2.05, 4.69) is 22.3 Å². The zero-order chi connectivity index (χ0) is 18.8. The maximum atomic E-state index is 12.8. The molecule has 27 heavy (non-hydrogen) atoms. The summed E-state index contributed by atoms with van der Waals surface area (Å²) >= 11 is 0. The Morgan fingerprint density at radius 1 is 1.22 bits per heavy atom. The van der Waals surface area contributed by atoms with Crippen LogP contribution in [0.15, 0.2) is 47.7 Å². The summed E-state index contributed by atoms with van der Waals surface area (Å²) in [7, 11) is 0. The van der Waals surface area contributed by atoms with Crippen molar-refractivity contribution in [2.45, 2.75) is 45.2 Å². The van der Waals surface area contributed by atoms with E-state index in [1.165, 1.54) is 23.5 Å². The number of para-hydroxylation sites is 1. The molecule has 0 aliphatic heterocycles. The molecule has 1 saturated carbocycles. The first kappa shape index (κ1) is 17.5. The van der Waals surface area contributed by atoms with Gasteiger partial charge in [0.25, 0.3) is 5.56 Å². The van der Waals surface area contributed by atoms with Crippen molar-refractivity contribution >= 4 is 16.9 Å². The van der Waals surface area contributed by atoms with Crippen LogP contribution in [0.25, 0.3) is 16.7 Å². The average Bonchev–Trinajstić information content (AvgIpc) is 3.11. The highest BCUT2D eigenvalue weighted by Gasteiger charge is 2.23. The number of nitrogens with zero attached hydrogens (tertiary/aromatic N) is 4. The Kier molecular flexibility index (Phi) is 4.75. The summed E-state index contributed by atoms with van der Waals surface area (Å²) < 4.78 is 2.98. The zero-order valence-electron chi connectivity index (χ0n) is 15.3. The van der Waals surface area contributed by atoms with E-state index in [4.69, 9.17) is 0 Å². The largest absolute Gasteiger partial charge is 0.352 e. The SMILES string of the molecule is C[C@H]1CCCC[C@@H]1NC(=O)Cn1cnc2c(cnn2-c2ccccc2)c1=O. The molecule has 1 fully saturated rings. The second kappa shape index (κ2) is 7.34. The molecular weight excluding hydrogens is 342 g/mol. The predicted molar refractivity (Wildman–Crippen MR) is 103 cm³/mol. The molecule has 1 aromatic carbocycles. The normalized spacial score (nSPS) is 19.9. The fraction of sp³-hybridized carbons (Fsp3) is 0.400. The Hall–Kier alpha value is -2.96. The molecule has 0 unspecified atom stereocenters. The molecule has 1 amide bonds. The van der Waals surface area contributed by atoms with Gasteiger partial charge in [0.05, 0.1) is 11.9 Å².